The Morgan fingerprint density at radius 3 is 2.57 bits per heavy atom. The van der Waals surface area contributed by atoms with Crippen molar-refractivity contribution in [3.8, 4) is 5.75 Å². The predicted octanol–water partition coefficient (Wildman–Crippen LogP) is 0.181. The van der Waals surface area contributed by atoms with E-state index < -0.39 is 5.97 Å². The van der Waals surface area contributed by atoms with Crippen LogP contribution in [0.5, 0.6) is 5.75 Å². The number of nitrogens with zero attached hydrogens (tertiary/aromatic N) is 1. The second kappa shape index (κ2) is 3.95. The molecule has 0 fully saturated rings. The highest BCUT2D eigenvalue weighted by atomic mass is 16.5. The number of aromatic nitrogens is 1. The molecule has 0 aliphatic heterocycles. The van der Waals surface area contributed by atoms with Crippen LogP contribution in [0.2, 0.25) is 0 Å². The topological polar surface area (TPSA) is 57.5 Å². The van der Waals surface area contributed by atoms with Crippen molar-refractivity contribution in [3.63, 3.8) is 0 Å². The number of carbonyl (C=O) groups excluding carboxylic acids is 1. The maximum absolute atomic E-state index is 11.5. The second-order valence-corrected chi connectivity index (χ2v) is 2.67. The van der Waals surface area contributed by atoms with Crippen molar-refractivity contribution in [3.05, 3.63) is 28.2 Å². The minimum atomic E-state index is -0.584. The third kappa shape index (κ3) is 1.61. The average molecular weight is 197 g/mol. The van der Waals surface area contributed by atoms with Crippen molar-refractivity contribution in [2.75, 3.05) is 14.2 Å². The number of carbonyl (C=O) groups is 1. The first-order valence-electron chi connectivity index (χ1n) is 3.93. The van der Waals surface area contributed by atoms with Crippen LogP contribution in [0, 0.1) is 0 Å². The van der Waals surface area contributed by atoms with Gasteiger partial charge in [0.25, 0.3) is 5.56 Å². The molecule has 14 heavy (non-hydrogen) atoms. The minimum Gasteiger partial charge on any atom is -0.490 e. The summed E-state index contributed by atoms with van der Waals surface area (Å²) < 4.78 is 10.7. The molecule has 1 aromatic heterocycles. The van der Waals surface area contributed by atoms with Crippen LogP contribution in [0.25, 0.3) is 0 Å². The zero-order chi connectivity index (χ0) is 10.7. The Kier molecular flexibility index (Phi) is 2.91. The first-order valence-corrected chi connectivity index (χ1v) is 3.93. The molecule has 0 aromatic carbocycles. The molecule has 1 aromatic rings. The van der Waals surface area contributed by atoms with Crippen molar-refractivity contribution >= 4 is 5.97 Å². The van der Waals surface area contributed by atoms with Gasteiger partial charge < -0.3 is 14.0 Å². The van der Waals surface area contributed by atoms with Crippen molar-refractivity contribution in [2.24, 2.45) is 7.05 Å². The number of methoxy groups -OCH3 is 2. The van der Waals surface area contributed by atoms with Gasteiger partial charge in [-0.05, 0) is 6.07 Å². The lowest BCUT2D eigenvalue weighted by Crippen LogP contribution is -2.21. The number of esters is 1. The summed E-state index contributed by atoms with van der Waals surface area (Å²) in [6, 6.07) is 1.48. The molecule has 0 atom stereocenters. The van der Waals surface area contributed by atoms with Crippen molar-refractivity contribution in [1.82, 2.24) is 4.57 Å². The lowest BCUT2D eigenvalue weighted by molar-refractivity contribution is 0.0596. The number of pyridine rings is 1. The van der Waals surface area contributed by atoms with E-state index in [-0.39, 0.29) is 16.9 Å². The van der Waals surface area contributed by atoms with Gasteiger partial charge in [0.1, 0.15) is 5.56 Å². The molecule has 0 aliphatic carbocycles. The quantitative estimate of drug-likeness (QED) is 0.634. The standard InChI is InChI=1S/C9H11NO4/c1-10-5-4-6(9(12)14-3)7(13-2)8(10)11/h4-5H,1-3H3. The van der Waals surface area contributed by atoms with Gasteiger partial charge in [0, 0.05) is 13.2 Å². The number of hydrogen-bond acceptors (Lipinski definition) is 4. The Morgan fingerprint density at radius 1 is 1.43 bits per heavy atom. The predicted molar refractivity (Wildman–Crippen MR) is 49.6 cm³/mol. The van der Waals surface area contributed by atoms with Crippen LogP contribution in [0.1, 0.15) is 10.4 Å². The largest absolute Gasteiger partial charge is 0.490 e. The summed E-state index contributed by atoms with van der Waals surface area (Å²) in [5.74, 6) is -0.582. The molecule has 0 saturated carbocycles. The fraction of sp³-hybridized carbons (Fsp3) is 0.333. The molecule has 0 saturated heterocycles. The molecule has 0 spiro atoms. The first kappa shape index (κ1) is 10.3. The zero-order valence-electron chi connectivity index (χ0n) is 8.23. The van der Waals surface area contributed by atoms with Crippen LogP contribution in [-0.2, 0) is 11.8 Å². The highest BCUT2D eigenvalue weighted by molar-refractivity contribution is 5.92. The molecule has 0 unspecified atom stereocenters. The fourth-order valence-electron chi connectivity index (χ4n) is 1.07. The summed E-state index contributed by atoms with van der Waals surface area (Å²) >= 11 is 0. The summed E-state index contributed by atoms with van der Waals surface area (Å²) in [5, 5.41) is 0. The minimum absolute atomic E-state index is 0.00171. The molecule has 0 aliphatic rings. The summed E-state index contributed by atoms with van der Waals surface area (Å²) in [6.45, 7) is 0. The van der Waals surface area contributed by atoms with Gasteiger partial charge in [0.15, 0.2) is 5.75 Å². The van der Waals surface area contributed by atoms with Crippen LogP contribution in [0.3, 0.4) is 0 Å². The molecule has 1 heterocycles. The van der Waals surface area contributed by atoms with Gasteiger partial charge in [-0.2, -0.15) is 0 Å². The lowest BCUT2D eigenvalue weighted by atomic mass is 10.2. The molecular weight excluding hydrogens is 186 g/mol. The van der Waals surface area contributed by atoms with Gasteiger partial charge in [-0.25, -0.2) is 4.79 Å². The molecule has 0 N–H and O–H groups in total. The first-order chi connectivity index (χ1) is 6.61. The number of aryl methyl sites for hydroxylation is 1. The second-order valence-electron chi connectivity index (χ2n) is 2.67. The molecule has 0 bridgehead atoms. The SMILES string of the molecule is COC(=O)c1ccn(C)c(=O)c1OC. The van der Waals surface area contributed by atoms with Gasteiger partial charge in [-0.15, -0.1) is 0 Å². The Hall–Kier alpha value is -1.78. The van der Waals surface area contributed by atoms with Crippen molar-refractivity contribution in [1.29, 1.82) is 0 Å². The Labute approximate surface area is 80.9 Å². The average Bonchev–Trinajstić information content (AvgIpc) is 2.20. The zero-order valence-corrected chi connectivity index (χ0v) is 8.23. The van der Waals surface area contributed by atoms with Crippen molar-refractivity contribution < 1.29 is 14.3 Å². The molecule has 5 heteroatoms. The van der Waals surface area contributed by atoms with E-state index in [2.05, 4.69) is 4.74 Å². The molecular formula is C9H11NO4. The van der Waals surface area contributed by atoms with Crippen LogP contribution >= 0.6 is 0 Å². The van der Waals surface area contributed by atoms with E-state index in [4.69, 9.17) is 4.74 Å². The van der Waals surface area contributed by atoms with Crippen molar-refractivity contribution in [2.45, 2.75) is 0 Å². The molecule has 76 valence electrons. The van der Waals surface area contributed by atoms with E-state index in [1.165, 1.54) is 31.0 Å². The van der Waals surface area contributed by atoms with E-state index in [0.717, 1.165) is 0 Å². The summed E-state index contributed by atoms with van der Waals surface area (Å²) in [4.78, 5) is 22.7. The van der Waals surface area contributed by atoms with Gasteiger partial charge >= 0.3 is 5.97 Å². The van der Waals surface area contributed by atoms with Gasteiger partial charge in [0.2, 0.25) is 0 Å². The number of rotatable bonds is 2. The molecule has 0 amide bonds. The Morgan fingerprint density at radius 2 is 2.07 bits per heavy atom. The van der Waals surface area contributed by atoms with E-state index in [1.807, 2.05) is 0 Å². The highest BCUT2D eigenvalue weighted by Crippen LogP contribution is 2.12. The Balaban J connectivity index is 3.39. The third-order valence-corrected chi connectivity index (χ3v) is 1.83. The lowest BCUT2D eigenvalue weighted by Gasteiger charge is -2.06. The van der Waals surface area contributed by atoms with E-state index >= 15 is 0 Å². The fourth-order valence-corrected chi connectivity index (χ4v) is 1.07. The molecule has 1 rings (SSSR count). The monoisotopic (exact) mass is 197 g/mol. The number of ether oxygens (including phenoxy) is 2. The normalized spacial score (nSPS) is 9.64. The highest BCUT2D eigenvalue weighted by Gasteiger charge is 2.16. The van der Waals surface area contributed by atoms with Crippen LogP contribution in [0.15, 0.2) is 17.1 Å². The summed E-state index contributed by atoms with van der Waals surface area (Å²) in [6.07, 6.45) is 1.48. The maximum Gasteiger partial charge on any atom is 0.341 e. The summed E-state index contributed by atoms with van der Waals surface area (Å²) in [7, 11) is 4.16. The Bertz CT molecular complexity index is 408. The maximum atomic E-state index is 11.5. The van der Waals surface area contributed by atoms with Gasteiger partial charge in [0.05, 0.1) is 14.2 Å². The molecule has 0 radical (unpaired) electrons. The van der Waals surface area contributed by atoms with E-state index in [0.29, 0.717) is 0 Å². The summed E-state index contributed by atoms with van der Waals surface area (Å²) in [5.41, 5.74) is -0.228. The smallest absolute Gasteiger partial charge is 0.341 e. The third-order valence-electron chi connectivity index (χ3n) is 1.83. The van der Waals surface area contributed by atoms with Crippen LogP contribution in [0.4, 0.5) is 0 Å². The van der Waals surface area contributed by atoms with E-state index in [1.54, 1.807) is 7.05 Å². The van der Waals surface area contributed by atoms with Crippen LogP contribution < -0.4 is 10.3 Å². The molecule has 5 nitrogen and oxygen atoms in total. The van der Waals surface area contributed by atoms with Gasteiger partial charge in [-0.1, -0.05) is 0 Å². The number of hydrogen-bond donors (Lipinski definition) is 0. The van der Waals surface area contributed by atoms with E-state index in [9.17, 15) is 9.59 Å². The van der Waals surface area contributed by atoms with Crippen LogP contribution in [-0.4, -0.2) is 24.8 Å². The van der Waals surface area contributed by atoms with Gasteiger partial charge in [-0.3, -0.25) is 4.79 Å².